The van der Waals surface area contributed by atoms with E-state index in [2.05, 4.69) is 5.32 Å². The smallest absolute Gasteiger partial charge is 0.317 e. The van der Waals surface area contributed by atoms with Crippen LogP contribution in [-0.4, -0.2) is 50.5 Å². The minimum Gasteiger partial charge on any atom is -0.338 e. The van der Waals surface area contributed by atoms with Crippen molar-refractivity contribution >= 4 is 15.9 Å². The van der Waals surface area contributed by atoms with Gasteiger partial charge in [-0.2, -0.15) is 0 Å². The Labute approximate surface area is 97.1 Å². The van der Waals surface area contributed by atoms with Crippen molar-refractivity contribution in [3.8, 4) is 0 Å². The molecule has 1 aliphatic heterocycles. The summed E-state index contributed by atoms with van der Waals surface area (Å²) in [6.45, 7) is 5.65. The van der Waals surface area contributed by atoms with Crippen LogP contribution in [-0.2, 0) is 9.84 Å². The molecule has 1 rings (SSSR count). The highest BCUT2D eigenvalue weighted by Gasteiger charge is 2.28. The minimum atomic E-state index is -2.84. The molecule has 16 heavy (non-hydrogen) atoms. The van der Waals surface area contributed by atoms with Crippen molar-refractivity contribution in [2.75, 3.05) is 31.1 Å². The van der Waals surface area contributed by atoms with E-state index in [1.54, 1.807) is 4.90 Å². The van der Waals surface area contributed by atoms with E-state index in [0.29, 0.717) is 26.1 Å². The van der Waals surface area contributed by atoms with Gasteiger partial charge in [-0.3, -0.25) is 0 Å². The van der Waals surface area contributed by atoms with Crippen LogP contribution in [0.4, 0.5) is 4.79 Å². The van der Waals surface area contributed by atoms with Crippen LogP contribution in [0.25, 0.3) is 0 Å². The highest BCUT2D eigenvalue weighted by molar-refractivity contribution is 7.91. The van der Waals surface area contributed by atoms with Gasteiger partial charge in [0, 0.05) is 19.6 Å². The Morgan fingerprint density at radius 3 is 2.44 bits per heavy atom. The Morgan fingerprint density at radius 2 is 2.00 bits per heavy atom. The molecule has 6 heteroatoms. The van der Waals surface area contributed by atoms with Crippen LogP contribution in [0, 0.1) is 5.92 Å². The van der Waals surface area contributed by atoms with E-state index in [0.717, 1.165) is 0 Å². The molecule has 0 aromatic heterocycles. The van der Waals surface area contributed by atoms with Crippen LogP contribution in [0.2, 0.25) is 0 Å². The van der Waals surface area contributed by atoms with Gasteiger partial charge in [0.2, 0.25) is 0 Å². The number of urea groups is 1. The quantitative estimate of drug-likeness (QED) is 0.786. The Morgan fingerprint density at radius 1 is 1.38 bits per heavy atom. The number of carbonyl (C=O) groups excluding carboxylic acids is 1. The first-order valence-electron chi connectivity index (χ1n) is 5.71. The van der Waals surface area contributed by atoms with Gasteiger partial charge in [-0.15, -0.1) is 0 Å². The normalized spacial score (nSPS) is 23.0. The summed E-state index contributed by atoms with van der Waals surface area (Å²) < 4.78 is 22.4. The highest BCUT2D eigenvalue weighted by atomic mass is 32.2. The van der Waals surface area contributed by atoms with Gasteiger partial charge in [0.05, 0.1) is 11.5 Å². The second kappa shape index (κ2) is 5.52. The maximum atomic E-state index is 11.6. The van der Waals surface area contributed by atoms with Gasteiger partial charge in [0.1, 0.15) is 0 Å². The van der Waals surface area contributed by atoms with Gasteiger partial charge in [-0.1, -0.05) is 0 Å². The van der Waals surface area contributed by atoms with E-state index in [1.807, 2.05) is 13.8 Å². The molecule has 2 amide bonds. The molecule has 0 aliphatic carbocycles. The van der Waals surface area contributed by atoms with Gasteiger partial charge < -0.3 is 10.2 Å². The maximum absolute atomic E-state index is 11.6. The summed E-state index contributed by atoms with van der Waals surface area (Å²) in [7, 11) is -2.84. The number of hydrogen-bond acceptors (Lipinski definition) is 3. The number of sulfone groups is 1. The van der Waals surface area contributed by atoms with Gasteiger partial charge in [-0.25, -0.2) is 13.2 Å². The van der Waals surface area contributed by atoms with Gasteiger partial charge >= 0.3 is 6.03 Å². The van der Waals surface area contributed by atoms with Crippen LogP contribution in [0.1, 0.15) is 20.3 Å². The molecule has 0 radical (unpaired) electrons. The van der Waals surface area contributed by atoms with E-state index in [1.165, 1.54) is 0 Å². The number of carbonyl (C=O) groups is 1. The second-order valence-corrected chi connectivity index (χ2v) is 6.36. The van der Waals surface area contributed by atoms with Crippen molar-refractivity contribution in [2.45, 2.75) is 20.3 Å². The van der Waals surface area contributed by atoms with Crippen molar-refractivity contribution in [2.24, 2.45) is 5.92 Å². The minimum absolute atomic E-state index is 0.0875. The third-order valence-corrected chi connectivity index (χ3v) is 4.76. The van der Waals surface area contributed by atoms with E-state index in [9.17, 15) is 13.2 Å². The molecule has 0 aromatic carbocycles. The number of nitrogens with one attached hydrogen (secondary N) is 1. The van der Waals surface area contributed by atoms with Crippen LogP contribution >= 0.6 is 0 Å². The number of rotatable bonds is 4. The maximum Gasteiger partial charge on any atom is 0.317 e. The summed E-state index contributed by atoms with van der Waals surface area (Å²) in [5, 5.41) is 2.79. The lowest BCUT2D eigenvalue weighted by Crippen LogP contribution is -2.41. The summed E-state index contributed by atoms with van der Waals surface area (Å²) in [6.07, 6.45) is 0.668. The van der Waals surface area contributed by atoms with Crippen LogP contribution in [0.3, 0.4) is 0 Å². The van der Waals surface area contributed by atoms with Crippen molar-refractivity contribution in [1.82, 2.24) is 10.2 Å². The predicted molar refractivity (Wildman–Crippen MR) is 63.1 cm³/mol. The summed E-state index contributed by atoms with van der Waals surface area (Å²) in [5.41, 5.74) is 0. The average molecular weight is 248 g/mol. The van der Waals surface area contributed by atoms with Gasteiger partial charge in [0.25, 0.3) is 0 Å². The summed E-state index contributed by atoms with van der Waals surface area (Å²) in [4.78, 5) is 13.3. The van der Waals surface area contributed by atoms with Crippen LogP contribution in [0.5, 0.6) is 0 Å². The lowest BCUT2D eigenvalue weighted by molar-refractivity contribution is 0.201. The largest absolute Gasteiger partial charge is 0.338 e. The molecule has 1 heterocycles. The van der Waals surface area contributed by atoms with Crippen molar-refractivity contribution in [1.29, 1.82) is 0 Å². The topological polar surface area (TPSA) is 66.5 Å². The standard InChI is InChI=1S/C10H20N2O3S/c1-3-12(4-2)10(13)11-7-9-5-6-16(14,15)8-9/h9H,3-8H2,1-2H3,(H,11,13)/t9-/m1/s1. The van der Waals surface area contributed by atoms with Gasteiger partial charge in [-0.05, 0) is 26.2 Å². The number of nitrogens with zero attached hydrogens (tertiary/aromatic N) is 1. The zero-order valence-corrected chi connectivity index (χ0v) is 10.7. The van der Waals surface area contributed by atoms with E-state index < -0.39 is 9.84 Å². The molecular weight excluding hydrogens is 228 g/mol. The summed E-state index contributed by atoms with van der Waals surface area (Å²) in [5.74, 6) is 0.564. The Hall–Kier alpha value is -0.780. The number of hydrogen-bond donors (Lipinski definition) is 1. The van der Waals surface area contributed by atoms with E-state index in [-0.39, 0.29) is 23.5 Å². The highest BCUT2D eigenvalue weighted by Crippen LogP contribution is 2.17. The molecule has 1 N–H and O–H groups in total. The number of amides is 2. The molecular formula is C10H20N2O3S. The van der Waals surface area contributed by atoms with Crippen molar-refractivity contribution < 1.29 is 13.2 Å². The fraction of sp³-hybridized carbons (Fsp3) is 0.900. The molecule has 1 aliphatic rings. The molecule has 1 saturated heterocycles. The molecule has 0 saturated carbocycles. The van der Waals surface area contributed by atoms with Gasteiger partial charge in [0.15, 0.2) is 9.84 Å². The first kappa shape index (κ1) is 13.3. The second-order valence-electron chi connectivity index (χ2n) is 4.13. The summed E-state index contributed by atoms with van der Waals surface area (Å²) >= 11 is 0. The monoisotopic (exact) mass is 248 g/mol. The molecule has 1 atom stereocenters. The molecule has 94 valence electrons. The first-order chi connectivity index (χ1) is 7.48. The molecule has 0 bridgehead atoms. The van der Waals surface area contributed by atoms with Crippen molar-refractivity contribution in [3.05, 3.63) is 0 Å². The Balaban J connectivity index is 2.33. The molecule has 5 nitrogen and oxygen atoms in total. The fourth-order valence-electron chi connectivity index (χ4n) is 1.89. The fourth-order valence-corrected chi connectivity index (χ4v) is 3.75. The SMILES string of the molecule is CCN(CC)C(=O)NC[C@H]1CCS(=O)(=O)C1. The van der Waals surface area contributed by atoms with E-state index in [4.69, 9.17) is 0 Å². The lowest BCUT2D eigenvalue weighted by atomic mass is 10.1. The molecule has 0 spiro atoms. The van der Waals surface area contributed by atoms with Crippen molar-refractivity contribution in [3.63, 3.8) is 0 Å². The van der Waals surface area contributed by atoms with E-state index >= 15 is 0 Å². The molecule has 1 fully saturated rings. The zero-order chi connectivity index (χ0) is 12.2. The predicted octanol–water partition coefficient (Wildman–Crippen LogP) is 0.472. The van der Waals surface area contributed by atoms with Crippen LogP contribution < -0.4 is 5.32 Å². The Bertz CT molecular complexity index is 336. The third kappa shape index (κ3) is 3.66. The molecule has 0 aromatic rings. The van der Waals surface area contributed by atoms with Crippen LogP contribution in [0.15, 0.2) is 0 Å². The lowest BCUT2D eigenvalue weighted by Gasteiger charge is -2.20. The zero-order valence-electron chi connectivity index (χ0n) is 9.90. The first-order valence-corrected chi connectivity index (χ1v) is 7.53. The summed E-state index contributed by atoms with van der Waals surface area (Å²) in [6, 6.07) is -0.103. The Kier molecular flexibility index (Phi) is 4.58. The molecule has 0 unspecified atom stereocenters. The third-order valence-electron chi connectivity index (χ3n) is 2.92. The average Bonchev–Trinajstić information content (AvgIpc) is 2.57.